The maximum Gasteiger partial charge on any atom is 0.328 e. The van der Waals surface area contributed by atoms with Gasteiger partial charge >= 0.3 is 5.97 Å². The molecule has 4 nitrogen and oxygen atoms in total. The molecule has 2 bridgehead atoms. The lowest BCUT2D eigenvalue weighted by Gasteiger charge is -2.45. The number of carbonyl (C=O) groups excluding carboxylic acids is 1. The molecule has 0 spiro atoms. The van der Waals surface area contributed by atoms with E-state index in [9.17, 15) is 9.59 Å². The molecule has 2 saturated carbocycles. The van der Waals surface area contributed by atoms with Crippen LogP contribution in [0.1, 0.15) is 60.9 Å². The van der Waals surface area contributed by atoms with Crippen LogP contribution in [-0.2, 0) is 4.79 Å². The summed E-state index contributed by atoms with van der Waals surface area (Å²) in [6, 6.07) is 4.97. The summed E-state index contributed by atoms with van der Waals surface area (Å²) in [6.07, 6.45) is 11.3. The van der Waals surface area contributed by atoms with Gasteiger partial charge in [0.05, 0.1) is 10.6 Å². The van der Waals surface area contributed by atoms with Crippen molar-refractivity contribution in [2.45, 2.75) is 44.9 Å². The van der Waals surface area contributed by atoms with Gasteiger partial charge in [-0.15, -0.1) is 0 Å². The highest BCUT2D eigenvalue weighted by Crippen LogP contribution is 2.48. The normalized spacial score (nSPS) is 24.7. The number of aliphatic carboxylic acids is 1. The van der Waals surface area contributed by atoms with Crippen LogP contribution in [-0.4, -0.2) is 23.5 Å². The van der Waals surface area contributed by atoms with Crippen molar-refractivity contribution in [3.05, 3.63) is 47.9 Å². The molecule has 0 heterocycles. The first-order valence-corrected chi connectivity index (χ1v) is 9.34. The second-order valence-electron chi connectivity index (χ2n) is 7.45. The van der Waals surface area contributed by atoms with Crippen LogP contribution in [0.15, 0.2) is 24.3 Å². The lowest BCUT2D eigenvalue weighted by atomic mass is 9.62. The molecule has 5 heteroatoms. The standard InChI is InChI=1S/C20H24ClNO3.CH2/c21-17-7-5-14(6-8-18(23)24)11-16(17)19(25)22-13-20-9-1-3-15(12-20)4-2-10-20;/h5-8,11,15H,1-4,9-10,12-13H2,(H,22,25)(H,23,24);1H2. The van der Waals surface area contributed by atoms with Crippen LogP contribution in [0.3, 0.4) is 0 Å². The predicted octanol–water partition coefficient (Wildman–Crippen LogP) is 4.86. The Morgan fingerprint density at radius 2 is 1.96 bits per heavy atom. The highest BCUT2D eigenvalue weighted by molar-refractivity contribution is 6.33. The Kier molecular flexibility index (Phi) is 6.87. The summed E-state index contributed by atoms with van der Waals surface area (Å²) in [5, 5.41) is 12.2. The van der Waals surface area contributed by atoms with Crippen LogP contribution in [0.5, 0.6) is 0 Å². The number of carboxylic acid groups (broad SMARTS) is 1. The van der Waals surface area contributed by atoms with E-state index in [4.69, 9.17) is 16.7 Å². The molecule has 0 aliphatic heterocycles. The first-order valence-electron chi connectivity index (χ1n) is 8.96. The Labute approximate surface area is 160 Å². The van der Waals surface area contributed by atoms with Crippen molar-refractivity contribution in [2.24, 2.45) is 11.3 Å². The molecular formula is C21H26ClNO3. The maximum absolute atomic E-state index is 12.6. The highest BCUT2D eigenvalue weighted by Gasteiger charge is 2.39. The number of carbonyl (C=O) groups is 2. The molecule has 0 saturated heterocycles. The van der Waals surface area contributed by atoms with E-state index in [1.165, 1.54) is 51.0 Å². The Bertz CT molecular complexity index is 688. The molecule has 1 aromatic carbocycles. The topological polar surface area (TPSA) is 66.4 Å². The molecule has 1 amide bonds. The van der Waals surface area contributed by atoms with Gasteiger partial charge in [-0.2, -0.15) is 0 Å². The van der Waals surface area contributed by atoms with Gasteiger partial charge in [-0.3, -0.25) is 4.79 Å². The average molecular weight is 376 g/mol. The van der Waals surface area contributed by atoms with E-state index in [2.05, 4.69) is 5.32 Å². The molecule has 2 aliphatic carbocycles. The Morgan fingerprint density at radius 1 is 1.27 bits per heavy atom. The van der Waals surface area contributed by atoms with E-state index in [0.717, 1.165) is 12.0 Å². The number of carboxylic acids is 1. The van der Waals surface area contributed by atoms with Gasteiger partial charge in [0.2, 0.25) is 0 Å². The molecule has 2 fully saturated rings. The number of hydrogen-bond acceptors (Lipinski definition) is 2. The zero-order chi connectivity index (χ0) is 17.9. The SMILES string of the molecule is O=C(O)C=Cc1ccc(Cl)c(C(=O)NCC23CCCC(CCC2)C3)c1.[CH2]. The summed E-state index contributed by atoms with van der Waals surface area (Å²) >= 11 is 6.18. The molecule has 1 aromatic rings. The van der Waals surface area contributed by atoms with Crippen molar-refractivity contribution in [2.75, 3.05) is 6.54 Å². The van der Waals surface area contributed by atoms with E-state index >= 15 is 0 Å². The van der Waals surface area contributed by atoms with Crippen molar-refractivity contribution < 1.29 is 14.7 Å². The first-order chi connectivity index (χ1) is 12.0. The molecule has 2 aliphatic rings. The van der Waals surface area contributed by atoms with Gasteiger partial charge in [-0.1, -0.05) is 50.8 Å². The Hall–Kier alpha value is -1.81. The van der Waals surface area contributed by atoms with Gasteiger partial charge in [0.25, 0.3) is 5.91 Å². The molecule has 26 heavy (non-hydrogen) atoms. The van der Waals surface area contributed by atoms with Crippen molar-refractivity contribution in [1.82, 2.24) is 5.32 Å². The molecule has 140 valence electrons. The fourth-order valence-electron chi connectivity index (χ4n) is 4.42. The van der Waals surface area contributed by atoms with Gasteiger partial charge in [0.15, 0.2) is 0 Å². The predicted molar refractivity (Wildman–Crippen MR) is 104 cm³/mol. The number of benzene rings is 1. The molecular weight excluding hydrogens is 350 g/mol. The lowest BCUT2D eigenvalue weighted by molar-refractivity contribution is -0.131. The first kappa shape index (κ1) is 20.5. The summed E-state index contributed by atoms with van der Waals surface area (Å²) < 4.78 is 0. The van der Waals surface area contributed by atoms with Crippen LogP contribution in [0.25, 0.3) is 6.08 Å². The van der Waals surface area contributed by atoms with Gasteiger partial charge < -0.3 is 10.4 Å². The largest absolute Gasteiger partial charge is 0.478 e. The number of nitrogens with one attached hydrogen (secondary N) is 1. The van der Waals surface area contributed by atoms with Crippen molar-refractivity contribution in [3.63, 3.8) is 0 Å². The van der Waals surface area contributed by atoms with E-state index in [-0.39, 0.29) is 18.7 Å². The maximum atomic E-state index is 12.6. The quantitative estimate of drug-likeness (QED) is 0.722. The summed E-state index contributed by atoms with van der Waals surface area (Å²) in [5.74, 6) is -0.380. The van der Waals surface area contributed by atoms with Crippen molar-refractivity contribution in [3.8, 4) is 0 Å². The van der Waals surface area contributed by atoms with Crippen LogP contribution in [0.2, 0.25) is 5.02 Å². The van der Waals surface area contributed by atoms with Crippen LogP contribution in [0, 0.1) is 18.8 Å². The average Bonchev–Trinajstić information content (AvgIpc) is 2.59. The molecule has 3 rings (SSSR count). The molecule has 0 atom stereocenters. The van der Waals surface area contributed by atoms with Crippen LogP contribution >= 0.6 is 11.6 Å². The molecule has 2 N–H and O–H groups in total. The number of hydrogen-bond donors (Lipinski definition) is 2. The minimum atomic E-state index is -1.02. The Balaban J connectivity index is 0.00000243. The fourth-order valence-corrected chi connectivity index (χ4v) is 4.62. The lowest BCUT2D eigenvalue weighted by Crippen LogP contribution is -2.43. The van der Waals surface area contributed by atoms with E-state index in [0.29, 0.717) is 22.7 Å². The van der Waals surface area contributed by atoms with Gasteiger partial charge in [-0.05, 0) is 54.4 Å². The van der Waals surface area contributed by atoms with E-state index < -0.39 is 5.97 Å². The molecule has 0 unspecified atom stereocenters. The molecule has 2 radical (unpaired) electrons. The Morgan fingerprint density at radius 3 is 2.62 bits per heavy atom. The van der Waals surface area contributed by atoms with E-state index in [1.807, 2.05) is 0 Å². The molecule has 0 aromatic heterocycles. The second-order valence-corrected chi connectivity index (χ2v) is 7.86. The zero-order valence-electron chi connectivity index (χ0n) is 15.0. The zero-order valence-corrected chi connectivity index (χ0v) is 15.7. The van der Waals surface area contributed by atoms with Gasteiger partial charge in [0, 0.05) is 12.6 Å². The second kappa shape index (κ2) is 8.72. The van der Waals surface area contributed by atoms with Gasteiger partial charge in [-0.25, -0.2) is 4.79 Å². The van der Waals surface area contributed by atoms with Crippen LogP contribution in [0.4, 0.5) is 0 Å². The summed E-state index contributed by atoms with van der Waals surface area (Å²) in [6.45, 7) is 0.702. The minimum absolute atomic E-state index is 0. The summed E-state index contributed by atoms with van der Waals surface area (Å²) in [4.78, 5) is 23.3. The minimum Gasteiger partial charge on any atom is -0.478 e. The van der Waals surface area contributed by atoms with Gasteiger partial charge in [0.1, 0.15) is 0 Å². The smallest absolute Gasteiger partial charge is 0.328 e. The van der Waals surface area contributed by atoms with Crippen LogP contribution < -0.4 is 5.32 Å². The highest BCUT2D eigenvalue weighted by atomic mass is 35.5. The summed E-state index contributed by atoms with van der Waals surface area (Å²) in [7, 11) is 0. The number of amides is 1. The number of rotatable bonds is 5. The third-order valence-electron chi connectivity index (χ3n) is 5.64. The third kappa shape index (κ3) is 4.88. The van der Waals surface area contributed by atoms with Crippen molar-refractivity contribution in [1.29, 1.82) is 0 Å². The number of halogens is 1. The third-order valence-corrected chi connectivity index (χ3v) is 5.97. The van der Waals surface area contributed by atoms with Crippen molar-refractivity contribution >= 4 is 29.6 Å². The summed E-state index contributed by atoms with van der Waals surface area (Å²) in [5.41, 5.74) is 1.30. The monoisotopic (exact) mass is 375 g/mol. The fraction of sp³-hybridized carbons (Fsp3) is 0.476. The van der Waals surface area contributed by atoms with E-state index in [1.54, 1.807) is 18.2 Å². The number of fused-ring (bicyclic) bond motifs is 2.